The van der Waals surface area contributed by atoms with Gasteiger partial charge in [0.1, 0.15) is 5.52 Å². The van der Waals surface area contributed by atoms with E-state index in [1.165, 1.54) is 60.8 Å². The molecule has 0 bridgehead atoms. The lowest BCUT2D eigenvalue weighted by molar-refractivity contribution is 0.620. The zero-order valence-corrected chi connectivity index (χ0v) is 26.8. The van der Waals surface area contributed by atoms with E-state index in [1.807, 2.05) is 24.3 Å². The number of aryl methyl sites for hydroxylation is 2. The van der Waals surface area contributed by atoms with E-state index < -0.39 is 0 Å². The van der Waals surface area contributed by atoms with Crippen molar-refractivity contribution in [3.63, 3.8) is 0 Å². The van der Waals surface area contributed by atoms with Crippen LogP contribution in [0.25, 0.3) is 83.4 Å². The highest BCUT2D eigenvalue weighted by Crippen LogP contribution is 2.40. The van der Waals surface area contributed by atoms with Gasteiger partial charge < -0.3 is 8.98 Å². The van der Waals surface area contributed by atoms with Gasteiger partial charge in [-0.3, -0.25) is 0 Å². The number of rotatable bonds is 5. The van der Waals surface area contributed by atoms with Crippen molar-refractivity contribution in [1.29, 1.82) is 0 Å². The van der Waals surface area contributed by atoms with Crippen LogP contribution in [0.15, 0.2) is 162 Å². The Morgan fingerprint density at radius 3 is 1.50 bits per heavy atom. The minimum atomic E-state index is 0.635. The molecule has 0 amide bonds. The van der Waals surface area contributed by atoms with Crippen molar-refractivity contribution in [3.8, 4) is 50.5 Å². The maximum atomic E-state index is 6.03. The maximum Gasteiger partial charge on any atom is 0.227 e. The van der Waals surface area contributed by atoms with Crippen LogP contribution >= 0.6 is 0 Å². The van der Waals surface area contributed by atoms with E-state index in [4.69, 9.17) is 4.42 Å². The number of benzene rings is 7. The van der Waals surface area contributed by atoms with Gasteiger partial charge in [0.05, 0.1) is 11.0 Å². The molecule has 0 unspecified atom stereocenters. The Balaban J connectivity index is 1.10. The van der Waals surface area contributed by atoms with E-state index in [9.17, 15) is 0 Å². The first-order valence-corrected chi connectivity index (χ1v) is 16.4. The van der Waals surface area contributed by atoms with Crippen LogP contribution in [0.4, 0.5) is 0 Å². The van der Waals surface area contributed by atoms with Crippen LogP contribution in [0, 0.1) is 13.8 Å². The van der Waals surface area contributed by atoms with Gasteiger partial charge in [0.25, 0.3) is 0 Å². The first-order chi connectivity index (χ1) is 23.6. The first kappa shape index (κ1) is 28.1. The Morgan fingerprint density at radius 1 is 0.458 bits per heavy atom. The Kier molecular flexibility index (Phi) is 6.58. The van der Waals surface area contributed by atoms with Crippen molar-refractivity contribution < 1.29 is 4.42 Å². The summed E-state index contributed by atoms with van der Waals surface area (Å²) in [5, 5.41) is 2.59. The molecule has 0 aliphatic rings. The molecule has 2 aromatic heterocycles. The Labute approximate surface area is 279 Å². The van der Waals surface area contributed by atoms with Crippen LogP contribution in [0.2, 0.25) is 0 Å². The number of hydrogen-bond donors (Lipinski definition) is 0. The molecule has 0 saturated heterocycles. The summed E-state index contributed by atoms with van der Waals surface area (Å²) in [4.78, 5) is 4.69. The van der Waals surface area contributed by atoms with Gasteiger partial charge in [-0.1, -0.05) is 108 Å². The van der Waals surface area contributed by atoms with Crippen molar-refractivity contribution in [2.24, 2.45) is 0 Å². The van der Waals surface area contributed by atoms with Crippen LogP contribution in [-0.2, 0) is 0 Å². The van der Waals surface area contributed by atoms with Crippen LogP contribution in [0.5, 0.6) is 0 Å². The summed E-state index contributed by atoms with van der Waals surface area (Å²) >= 11 is 0. The number of oxazole rings is 1. The van der Waals surface area contributed by atoms with Crippen molar-refractivity contribution in [2.75, 3.05) is 0 Å². The van der Waals surface area contributed by atoms with Crippen molar-refractivity contribution >= 4 is 32.9 Å². The first-order valence-electron chi connectivity index (χ1n) is 16.4. The van der Waals surface area contributed by atoms with Crippen LogP contribution in [0.3, 0.4) is 0 Å². The van der Waals surface area contributed by atoms with Gasteiger partial charge in [0.2, 0.25) is 5.89 Å². The summed E-state index contributed by atoms with van der Waals surface area (Å²) in [6.07, 6.45) is 0. The molecular weight excluding hydrogens is 585 g/mol. The molecule has 0 radical (unpaired) electrons. The fourth-order valence-corrected chi connectivity index (χ4v) is 7.05. The molecule has 0 aliphatic heterocycles. The highest BCUT2D eigenvalue weighted by Gasteiger charge is 2.16. The quantitative estimate of drug-likeness (QED) is 0.193. The van der Waals surface area contributed by atoms with E-state index in [-0.39, 0.29) is 0 Å². The molecule has 0 N–H and O–H groups in total. The zero-order valence-electron chi connectivity index (χ0n) is 26.8. The van der Waals surface area contributed by atoms with Gasteiger partial charge in [-0.25, -0.2) is 4.98 Å². The summed E-state index contributed by atoms with van der Waals surface area (Å²) in [7, 11) is 0. The molecule has 0 fully saturated rings. The average molecular weight is 617 g/mol. The lowest BCUT2D eigenvalue weighted by Crippen LogP contribution is -1.94. The molecule has 3 nitrogen and oxygen atoms in total. The van der Waals surface area contributed by atoms with Crippen molar-refractivity contribution in [1.82, 2.24) is 9.55 Å². The Bertz CT molecular complexity index is 2530. The highest BCUT2D eigenvalue weighted by molar-refractivity contribution is 6.09. The third kappa shape index (κ3) is 4.71. The zero-order chi connectivity index (χ0) is 32.2. The highest BCUT2D eigenvalue weighted by atomic mass is 16.3. The minimum Gasteiger partial charge on any atom is -0.436 e. The SMILES string of the molecule is Cc1ccc2c(c1)c1cc(C)ccc1n2-c1ccc(-c2ccccc2-c2ccccc2-c2ccc(-c3nc4ccccc4o3)cc2)cc1. The van der Waals surface area contributed by atoms with Crippen LogP contribution in [-0.4, -0.2) is 9.55 Å². The summed E-state index contributed by atoms with van der Waals surface area (Å²) in [5.41, 5.74) is 15.9. The molecule has 9 rings (SSSR count). The minimum absolute atomic E-state index is 0.635. The maximum absolute atomic E-state index is 6.03. The van der Waals surface area contributed by atoms with E-state index in [0.717, 1.165) is 27.9 Å². The fraction of sp³-hybridized carbons (Fsp3) is 0.0444. The second kappa shape index (κ2) is 11.3. The molecular formula is C45H32N2O. The van der Waals surface area contributed by atoms with Gasteiger partial charge in [0.15, 0.2) is 5.58 Å². The number of aromatic nitrogens is 2. The molecule has 0 saturated carbocycles. The van der Waals surface area contributed by atoms with Gasteiger partial charge in [0, 0.05) is 22.0 Å². The van der Waals surface area contributed by atoms with Gasteiger partial charge in [-0.15, -0.1) is 0 Å². The van der Waals surface area contributed by atoms with Gasteiger partial charge in [-0.05, 0) is 108 Å². The molecule has 9 aromatic rings. The molecule has 0 atom stereocenters. The smallest absolute Gasteiger partial charge is 0.227 e. The molecule has 228 valence electrons. The Hall–Kier alpha value is -6.19. The molecule has 7 aromatic carbocycles. The molecule has 0 aliphatic carbocycles. The Morgan fingerprint density at radius 2 is 0.938 bits per heavy atom. The van der Waals surface area contributed by atoms with E-state index >= 15 is 0 Å². The number of nitrogens with zero attached hydrogens (tertiary/aromatic N) is 2. The number of hydrogen-bond acceptors (Lipinski definition) is 2. The van der Waals surface area contributed by atoms with E-state index in [1.54, 1.807) is 0 Å². The predicted molar refractivity (Wildman–Crippen MR) is 200 cm³/mol. The second-order valence-electron chi connectivity index (χ2n) is 12.6. The molecule has 2 heterocycles. The lowest BCUT2D eigenvalue weighted by atomic mass is 9.89. The third-order valence-electron chi connectivity index (χ3n) is 9.39. The summed E-state index contributed by atoms with van der Waals surface area (Å²) in [5.74, 6) is 0.635. The monoisotopic (exact) mass is 616 g/mol. The van der Waals surface area contributed by atoms with Crippen molar-refractivity contribution in [2.45, 2.75) is 13.8 Å². The normalized spacial score (nSPS) is 11.5. The fourth-order valence-electron chi connectivity index (χ4n) is 7.05. The number of fused-ring (bicyclic) bond motifs is 4. The van der Waals surface area contributed by atoms with E-state index in [0.29, 0.717) is 5.89 Å². The van der Waals surface area contributed by atoms with E-state index in [2.05, 4.69) is 157 Å². The number of para-hydroxylation sites is 2. The summed E-state index contributed by atoms with van der Waals surface area (Å²) in [6.45, 7) is 4.33. The van der Waals surface area contributed by atoms with Crippen LogP contribution < -0.4 is 0 Å². The van der Waals surface area contributed by atoms with Crippen molar-refractivity contribution in [3.05, 3.63) is 169 Å². The van der Waals surface area contributed by atoms with Gasteiger partial charge >= 0.3 is 0 Å². The standard InChI is InChI=1S/C45H32N2O/c1-29-15-25-42-39(27-29)40-28-30(2)16-26-43(40)47(42)34-23-21-32(22-24-34)36-10-4-6-12-38(36)37-11-5-3-9-35(37)31-17-19-33(20-18-31)45-46-41-13-7-8-14-44(41)48-45/h3-28H,1-2H3. The summed E-state index contributed by atoms with van der Waals surface area (Å²) in [6, 6.07) is 56.3. The van der Waals surface area contributed by atoms with Gasteiger partial charge in [-0.2, -0.15) is 0 Å². The lowest BCUT2D eigenvalue weighted by Gasteiger charge is -2.15. The summed E-state index contributed by atoms with van der Waals surface area (Å²) < 4.78 is 8.42. The third-order valence-corrected chi connectivity index (χ3v) is 9.39. The second-order valence-corrected chi connectivity index (χ2v) is 12.6. The van der Waals surface area contributed by atoms with Crippen LogP contribution in [0.1, 0.15) is 11.1 Å². The predicted octanol–water partition coefficient (Wildman–Crippen LogP) is 12.2. The molecule has 3 heteroatoms. The molecule has 48 heavy (non-hydrogen) atoms. The topological polar surface area (TPSA) is 31.0 Å². The molecule has 0 spiro atoms. The average Bonchev–Trinajstić information content (AvgIpc) is 3.71. The largest absolute Gasteiger partial charge is 0.436 e.